The summed E-state index contributed by atoms with van der Waals surface area (Å²) in [5.74, 6) is 0.140. The van der Waals surface area contributed by atoms with Gasteiger partial charge in [0, 0.05) is 11.3 Å². The van der Waals surface area contributed by atoms with Crippen LogP contribution in [0.5, 0.6) is 11.5 Å². The van der Waals surface area contributed by atoms with Gasteiger partial charge in [-0.05, 0) is 47.2 Å². The molecule has 0 saturated heterocycles. The molecule has 0 heterocycles. The summed E-state index contributed by atoms with van der Waals surface area (Å²) in [5, 5.41) is 23.3. The number of anilines is 1. The van der Waals surface area contributed by atoms with E-state index in [9.17, 15) is 15.2 Å². The van der Waals surface area contributed by atoms with E-state index in [1.807, 2.05) is 36.4 Å². The molecule has 0 radical (unpaired) electrons. The van der Waals surface area contributed by atoms with Crippen LogP contribution < -0.4 is 10.1 Å². The van der Waals surface area contributed by atoms with Gasteiger partial charge < -0.3 is 15.2 Å². The monoisotopic (exact) mass is 344 g/mol. The van der Waals surface area contributed by atoms with Gasteiger partial charge in [0.1, 0.15) is 23.1 Å². The van der Waals surface area contributed by atoms with E-state index >= 15 is 0 Å². The molecule has 0 aliphatic carbocycles. The normalized spacial score (nSPS) is 11.0. The molecule has 0 spiro atoms. The number of carbonyl (C=O) groups is 1. The molecular weight excluding hydrogens is 328 g/mol. The molecule has 0 aromatic heterocycles. The van der Waals surface area contributed by atoms with Crippen molar-refractivity contribution < 1.29 is 14.6 Å². The largest absolute Gasteiger partial charge is 0.508 e. The minimum Gasteiger partial charge on any atom is -0.508 e. The Morgan fingerprint density at radius 1 is 1.12 bits per heavy atom. The van der Waals surface area contributed by atoms with Crippen LogP contribution in [0.1, 0.15) is 5.56 Å². The fourth-order valence-corrected chi connectivity index (χ4v) is 2.64. The molecule has 0 saturated carbocycles. The molecule has 5 heteroatoms. The number of carbonyl (C=O) groups excluding carboxylic acids is 1. The Morgan fingerprint density at radius 2 is 1.85 bits per heavy atom. The van der Waals surface area contributed by atoms with Gasteiger partial charge in [-0.2, -0.15) is 5.26 Å². The van der Waals surface area contributed by atoms with E-state index in [0.717, 1.165) is 10.8 Å². The van der Waals surface area contributed by atoms with Crippen LogP contribution >= 0.6 is 0 Å². The van der Waals surface area contributed by atoms with Gasteiger partial charge in [-0.1, -0.05) is 30.3 Å². The topological polar surface area (TPSA) is 82.3 Å². The predicted octanol–water partition coefficient (Wildman–Crippen LogP) is 4.10. The maximum absolute atomic E-state index is 12.5. The summed E-state index contributed by atoms with van der Waals surface area (Å²) in [6.07, 6.45) is 1.52. The van der Waals surface area contributed by atoms with E-state index in [4.69, 9.17) is 4.74 Å². The van der Waals surface area contributed by atoms with Gasteiger partial charge in [0.2, 0.25) is 0 Å². The molecule has 2 N–H and O–H groups in total. The zero-order chi connectivity index (χ0) is 18.5. The Labute approximate surface area is 150 Å². The van der Waals surface area contributed by atoms with Gasteiger partial charge in [0.15, 0.2) is 0 Å². The fraction of sp³-hybridized carbons (Fsp3) is 0.0476. The van der Waals surface area contributed by atoms with Crippen LogP contribution in [-0.2, 0) is 4.79 Å². The first-order chi connectivity index (χ1) is 12.6. The van der Waals surface area contributed by atoms with E-state index in [-0.39, 0.29) is 11.3 Å². The molecule has 3 rings (SSSR count). The lowest BCUT2D eigenvalue weighted by Crippen LogP contribution is -2.13. The summed E-state index contributed by atoms with van der Waals surface area (Å²) in [7, 11) is 1.55. The molecular formula is C21H16N2O3. The number of ether oxygens (including phenoxy) is 1. The highest BCUT2D eigenvalue weighted by Gasteiger charge is 2.13. The number of rotatable bonds is 4. The summed E-state index contributed by atoms with van der Waals surface area (Å²) in [6.45, 7) is 0. The van der Waals surface area contributed by atoms with E-state index in [1.54, 1.807) is 25.3 Å². The number of methoxy groups -OCH3 is 1. The lowest BCUT2D eigenvalue weighted by Gasteiger charge is -2.10. The molecule has 26 heavy (non-hydrogen) atoms. The molecule has 3 aromatic carbocycles. The van der Waals surface area contributed by atoms with Gasteiger partial charge in [-0.15, -0.1) is 0 Å². The first-order valence-corrected chi connectivity index (χ1v) is 7.90. The lowest BCUT2D eigenvalue weighted by molar-refractivity contribution is -0.112. The predicted molar refractivity (Wildman–Crippen MR) is 101 cm³/mol. The molecule has 0 bridgehead atoms. The fourth-order valence-electron chi connectivity index (χ4n) is 2.64. The summed E-state index contributed by atoms with van der Waals surface area (Å²) >= 11 is 0. The quantitative estimate of drug-likeness (QED) is 0.424. The molecule has 0 atom stereocenters. The van der Waals surface area contributed by atoms with Crippen molar-refractivity contribution in [1.29, 1.82) is 5.26 Å². The van der Waals surface area contributed by atoms with Crippen molar-refractivity contribution in [2.75, 3.05) is 12.4 Å². The van der Waals surface area contributed by atoms with Crippen LogP contribution in [0, 0.1) is 11.3 Å². The van der Waals surface area contributed by atoms with Crippen molar-refractivity contribution in [3.63, 3.8) is 0 Å². The number of benzene rings is 3. The number of nitrogens with one attached hydrogen (secondary N) is 1. The lowest BCUT2D eigenvalue weighted by atomic mass is 10.0. The average Bonchev–Trinajstić information content (AvgIpc) is 2.67. The van der Waals surface area contributed by atoms with Crippen LogP contribution in [-0.4, -0.2) is 18.1 Å². The van der Waals surface area contributed by atoms with Crippen molar-refractivity contribution in [2.24, 2.45) is 0 Å². The minimum atomic E-state index is -0.534. The van der Waals surface area contributed by atoms with Gasteiger partial charge in [0.05, 0.1) is 7.11 Å². The molecule has 0 aliphatic rings. The Bertz CT molecular complexity index is 1030. The number of hydrogen-bond donors (Lipinski definition) is 2. The Hall–Kier alpha value is -3.78. The number of fused-ring (bicyclic) bond motifs is 1. The number of aromatic hydroxyl groups is 1. The van der Waals surface area contributed by atoms with E-state index in [1.165, 1.54) is 18.2 Å². The number of nitrogens with zero attached hydrogens (tertiary/aromatic N) is 1. The maximum atomic E-state index is 12.5. The van der Waals surface area contributed by atoms with Gasteiger partial charge >= 0.3 is 0 Å². The maximum Gasteiger partial charge on any atom is 0.266 e. The summed E-state index contributed by atoms with van der Waals surface area (Å²) in [4.78, 5) is 12.5. The molecule has 3 aromatic rings. The zero-order valence-electron chi connectivity index (χ0n) is 14.1. The SMILES string of the molecule is COc1ccc2ccccc2c1/C=C(\C#N)C(=O)Nc1ccc(O)cc1. The molecule has 0 fully saturated rings. The summed E-state index contributed by atoms with van der Waals surface area (Å²) in [5.41, 5.74) is 1.11. The van der Waals surface area contributed by atoms with Crippen LogP contribution in [0.25, 0.3) is 16.8 Å². The molecule has 0 aliphatic heterocycles. The number of hydrogen-bond acceptors (Lipinski definition) is 4. The van der Waals surface area contributed by atoms with Crippen LogP contribution in [0.4, 0.5) is 5.69 Å². The van der Waals surface area contributed by atoms with Crippen molar-refractivity contribution in [2.45, 2.75) is 0 Å². The summed E-state index contributed by atoms with van der Waals surface area (Å²) in [6, 6.07) is 19.4. The van der Waals surface area contributed by atoms with Crippen molar-refractivity contribution in [1.82, 2.24) is 0 Å². The van der Waals surface area contributed by atoms with Crippen LogP contribution in [0.3, 0.4) is 0 Å². The molecule has 1 amide bonds. The van der Waals surface area contributed by atoms with Gasteiger partial charge in [0.25, 0.3) is 5.91 Å². The highest BCUT2D eigenvalue weighted by molar-refractivity contribution is 6.11. The highest BCUT2D eigenvalue weighted by atomic mass is 16.5. The smallest absolute Gasteiger partial charge is 0.266 e. The summed E-state index contributed by atoms with van der Waals surface area (Å²) < 4.78 is 5.40. The second-order valence-electron chi connectivity index (χ2n) is 5.57. The van der Waals surface area contributed by atoms with E-state index in [0.29, 0.717) is 17.0 Å². The second kappa shape index (κ2) is 7.41. The number of phenolic OH excluding ortho intramolecular Hbond substituents is 1. The Balaban J connectivity index is 2.01. The Morgan fingerprint density at radius 3 is 2.54 bits per heavy atom. The first kappa shape index (κ1) is 17.1. The third kappa shape index (κ3) is 3.50. The number of phenols is 1. The zero-order valence-corrected chi connectivity index (χ0v) is 14.1. The Kier molecular flexibility index (Phi) is 4.86. The third-order valence-electron chi connectivity index (χ3n) is 3.93. The minimum absolute atomic E-state index is 0.0484. The van der Waals surface area contributed by atoms with Gasteiger partial charge in [-0.3, -0.25) is 4.79 Å². The highest BCUT2D eigenvalue weighted by Crippen LogP contribution is 2.30. The van der Waals surface area contributed by atoms with Crippen molar-refractivity contribution in [3.05, 3.63) is 71.8 Å². The van der Waals surface area contributed by atoms with E-state index < -0.39 is 5.91 Å². The third-order valence-corrected chi connectivity index (χ3v) is 3.93. The standard InChI is InChI=1S/C21H16N2O3/c1-26-20-11-6-14-4-2-3-5-18(14)19(20)12-15(13-22)21(25)23-16-7-9-17(24)10-8-16/h2-12,24H,1H3,(H,23,25)/b15-12+. The van der Waals surface area contributed by atoms with Gasteiger partial charge in [-0.25, -0.2) is 0 Å². The number of nitriles is 1. The van der Waals surface area contributed by atoms with Crippen LogP contribution in [0.2, 0.25) is 0 Å². The molecule has 128 valence electrons. The first-order valence-electron chi connectivity index (χ1n) is 7.90. The second-order valence-corrected chi connectivity index (χ2v) is 5.57. The number of amides is 1. The average molecular weight is 344 g/mol. The van der Waals surface area contributed by atoms with E-state index in [2.05, 4.69) is 5.32 Å². The molecule has 0 unspecified atom stereocenters. The van der Waals surface area contributed by atoms with Crippen molar-refractivity contribution in [3.8, 4) is 17.6 Å². The van der Waals surface area contributed by atoms with Crippen LogP contribution in [0.15, 0.2) is 66.2 Å². The molecule has 5 nitrogen and oxygen atoms in total. The van der Waals surface area contributed by atoms with Crippen molar-refractivity contribution >= 4 is 28.4 Å².